The molecule has 108 valence electrons. The van der Waals surface area contributed by atoms with Gasteiger partial charge in [-0.3, -0.25) is 4.68 Å². The summed E-state index contributed by atoms with van der Waals surface area (Å²) in [4.78, 5) is 0. The van der Waals surface area contributed by atoms with Gasteiger partial charge in [-0.05, 0) is 45.2 Å². The van der Waals surface area contributed by atoms with Gasteiger partial charge in [-0.25, -0.2) is 0 Å². The van der Waals surface area contributed by atoms with Crippen LogP contribution in [0.25, 0.3) is 0 Å². The molecule has 0 aromatic carbocycles. The van der Waals surface area contributed by atoms with Crippen molar-refractivity contribution >= 4 is 0 Å². The first-order valence-electron chi connectivity index (χ1n) is 7.56. The summed E-state index contributed by atoms with van der Waals surface area (Å²) in [7, 11) is 0. The Morgan fingerprint density at radius 3 is 2.74 bits per heavy atom. The van der Waals surface area contributed by atoms with Gasteiger partial charge in [0.1, 0.15) is 0 Å². The van der Waals surface area contributed by atoms with E-state index in [1.807, 2.05) is 4.68 Å². The molecule has 1 N–H and O–H groups in total. The average Bonchev–Trinajstić information content (AvgIpc) is 2.88. The third-order valence-corrected chi connectivity index (χ3v) is 3.92. The quantitative estimate of drug-likeness (QED) is 0.858. The van der Waals surface area contributed by atoms with Gasteiger partial charge in [0.25, 0.3) is 0 Å². The minimum atomic E-state index is 0.439. The Bertz CT molecular complexity index is 369. The van der Waals surface area contributed by atoms with Crippen LogP contribution < -0.4 is 5.32 Å². The first-order chi connectivity index (χ1) is 9.20. The second-order valence-corrected chi connectivity index (χ2v) is 5.70. The van der Waals surface area contributed by atoms with Crippen molar-refractivity contribution in [2.24, 2.45) is 5.92 Å². The molecule has 1 atom stereocenters. The van der Waals surface area contributed by atoms with Crippen molar-refractivity contribution in [3.8, 4) is 0 Å². The van der Waals surface area contributed by atoms with Gasteiger partial charge in [0, 0.05) is 37.9 Å². The van der Waals surface area contributed by atoms with Crippen molar-refractivity contribution in [1.29, 1.82) is 0 Å². The van der Waals surface area contributed by atoms with Crippen LogP contribution >= 0.6 is 0 Å². The Kier molecular flexibility index (Phi) is 5.40. The SMILES string of the molecule is CCNC(Cc1ccn(C(C)C)n1)C1CCOCC1. The van der Waals surface area contributed by atoms with E-state index in [1.165, 1.54) is 18.5 Å². The summed E-state index contributed by atoms with van der Waals surface area (Å²) >= 11 is 0. The lowest BCUT2D eigenvalue weighted by molar-refractivity contribution is 0.0538. The third-order valence-electron chi connectivity index (χ3n) is 3.92. The van der Waals surface area contributed by atoms with Gasteiger partial charge in [-0.1, -0.05) is 6.92 Å². The van der Waals surface area contributed by atoms with E-state index in [4.69, 9.17) is 4.74 Å². The second-order valence-electron chi connectivity index (χ2n) is 5.70. The molecule has 1 aromatic rings. The summed E-state index contributed by atoms with van der Waals surface area (Å²) in [5.74, 6) is 0.720. The van der Waals surface area contributed by atoms with E-state index in [1.54, 1.807) is 0 Å². The number of likely N-dealkylation sites (N-methyl/N-ethyl adjacent to an activating group) is 1. The van der Waals surface area contributed by atoms with Crippen LogP contribution in [0.3, 0.4) is 0 Å². The van der Waals surface area contributed by atoms with Gasteiger partial charge in [-0.2, -0.15) is 5.10 Å². The Balaban J connectivity index is 1.98. The first kappa shape index (κ1) is 14.5. The normalized spacial score (nSPS) is 18.9. The Hall–Kier alpha value is -0.870. The summed E-state index contributed by atoms with van der Waals surface area (Å²) in [5.41, 5.74) is 1.20. The fourth-order valence-electron chi connectivity index (χ4n) is 2.79. The molecule has 1 aromatic heterocycles. The van der Waals surface area contributed by atoms with E-state index in [9.17, 15) is 0 Å². The van der Waals surface area contributed by atoms with E-state index in [-0.39, 0.29) is 0 Å². The molecule has 19 heavy (non-hydrogen) atoms. The molecular weight excluding hydrogens is 238 g/mol. The van der Waals surface area contributed by atoms with Crippen LogP contribution in [-0.2, 0) is 11.2 Å². The second kappa shape index (κ2) is 7.06. The Morgan fingerprint density at radius 2 is 2.16 bits per heavy atom. The summed E-state index contributed by atoms with van der Waals surface area (Å²) in [6.45, 7) is 9.35. The molecule has 0 spiro atoms. The maximum absolute atomic E-state index is 5.47. The number of nitrogens with zero attached hydrogens (tertiary/aromatic N) is 2. The Labute approximate surface area is 116 Å². The highest BCUT2D eigenvalue weighted by atomic mass is 16.5. The monoisotopic (exact) mass is 265 g/mol. The molecule has 1 saturated heterocycles. The summed E-state index contributed by atoms with van der Waals surface area (Å²) < 4.78 is 7.51. The van der Waals surface area contributed by atoms with Gasteiger partial charge >= 0.3 is 0 Å². The zero-order chi connectivity index (χ0) is 13.7. The van der Waals surface area contributed by atoms with Crippen LogP contribution in [0.2, 0.25) is 0 Å². The minimum Gasteiger partial charge on any atom is -0.381 e. The number of hydrogen-bond acceptors (Lipinski definition) is 3. The number of hydrogen-bond donors (Lipinski definition) is 1. The van der Waals surface area contributed by atoms with Gasteiger partial charge in [-0.15, -0.1) is 0 Å². The smallest absolute Gasteiger partial charge is 0.0640 e. The van der Waals surface area contributed by atoms with E-state index in [2.05, 4.69) is 43.4 Å². The van der Waals surface area contributed by atoms with Crippen LogP contribution in [0.5, 0.6) is 0 Å². The van der Waals surface area contributed by atoms with Crippen LogP contribution in [-0.4, -0.2) is 35.6 Å². The fraction of sp³-hybridized carbons (Fsp3) is 0.800. The average molecular weight is 265 g/mol. The lowest BCUT2D eigenvalue weighted by atomic mass is 9.89. The maximum atomic E-state index is 5.47. The molecule has 2 rings (SSSR count). The molecule has 1 fully saturated rings. The van der Waals surface area contributed by atoms with E-state index < -0.39 is 0 Å². The standard InChI is InChI=1S/C15H27N3O/c1-4-16-15(13-6-9-19-10-7-13)11-14-5-8-18(17-14)12(2)3/h5,8,12-13,15-16H,4,6-7,9-11H2,1-3H3. The number of rotatable bonds is 6. The topological polar surface area (TPSA) is 39.1 Å². The van der Waals surface area contributed by atoms with Gasteiger partial charge in [0.2, 0.25) is 0 Å². The molecule has 2 heterocycles. The molecule has 0 saturated carbocycles. The molecule has 1 aliphatic rings. The van der Waals surface area contributed by atoms with Crippen molar-refractivity contribution in [3.63, 3.8) is 0 Å². The highest BCUT2D eigenvalue weighted by Crippen LogP contribution is 2.21. The molecule has 1 aliphatic heterocycles. The van der Waals surface area contributed by atoms with Crippen LogP contribution in [0.4, 0.5) is 0 Å². The summed E-state index contributed by atoms with van der Waals surface area (Å²) in [6.07, 6.45) is 5.45. The predicted octanol–water partition coefficient (Wildman–Crippen LogP) is 2.41. The van der Waals surface area contributed by atoms with Crippen LogP contribution in [0, 0.1) is 5.92 Å². The maximum Gasteiger partial charge on any atom is 0.0640 e. The molecule has 0 bridgehead atoms. The number of aromatic nitrogens is 2. The van der Waals surface area contributed by atoms with Crippen molar-refractivity contribution in [2.45, 2.75) is 52.1 Å². The summed E-state index contributed by atoms with van der Waals surface area (Å²) in [6, 6.07) is 3.13. The Morgan fingerprint density at radius 1 is 1.42 bits per heavy atom. The number of nitrogens with one attached hydrogen (secondary N) is 1. The molecule has 0 radical (unpaired) electrons. The van der Waals surface area contributed by atoms with Crippen molar-refractivity contribution in [1.82, 2.24) is 15.1 Å². The van der Waals surface area contributed by atoms with E-state index >= 15 is 0 Å². The molecule has 4 nitrogen and oxygen atoms in total. The van der Waals surface area contributed by atoms with Gasteiger partial charge in [0.15, 0.2) is 0 Å². The van der Waals surface area contributed by atoms with E-state index in [0.717, 1.165) is 32.1 Å². The lowest BCUT2D eigenvalue weighted by Crippen LogP contribution is -2.40. The third kappa shape index (κ3) is 4.05. The molecule has 1 unspecified atom stereocenters. The molecule has 0 aliphatic carbocycles. The van der Waals surface area contributed by atoms with Crippen molar-refractivity contribution < 1.29 is 4.74 Å². The van der Waals surface area contributed by atoms with Gasteiger partial charge in [0.05, 0.1) is 5.69 Å². The molecule has 0 amide bonds. The molecule has 4 heteroatoms. The first-order valence-corrected chi connectivity index (χ1v) is 7.56. The van der Waals surface area contributed by atoms with Crippen LogP contribution in [0.1, 0.15) is 45.3 Å². The van der Waals surface area contributed by atoms with Gasteiger partial charge < -0.3 is 10.1 Å². The highest BCUT2D eigenvalue weighted by Gasteiger charge is 2.24. The predicted molar refractivity (Wildman–Crippen MR) is 77.3 cm³/mol. The lowest BCUT2D eigenvalue weighted by Gasteiger charge is -2.30. The number of ether oxygens (including phenoxy) is 1. The zero-order valence-electron chi connectivity index (χ0n) is 12.4. The summed E-state index contributed by atoms with van der Waals surface area (Å²) in [5, 5.41) is 8.31. The minimum absolute atomic E-state index is 0.439. The van der Waals surface area contributed by atoms with E-state index in [0.29, 0.717) is 12.1 Å². The highest BCUT2D eigenvalue weighted by molar-refractivity contribution is 5.03. The van der Waals surface area contributed by atoms with Crippen molar-refractivity contribution in [2.75, 3.05) is 19.8 Å². The zero-order valence-corrected chi connectivity index (χ0v) is 12.4. The largest absolute Gasteiger partial charge is 0.381 e. The van der Waals surface area contributed by atoms with Crippen molar-refractivity contribution in [3.05, 3.63) is 18.0 Å². The molecular formula is C15H27N3O. The van der Waals surface area contributed by atoms with Crippen LogP contribution in [0.15, 0.2) is 12.3 Å². The fourth-order valence-corrected chi connectivity index (χ4v) is 2.79.